The SMILES string of the molecule is Cc1cccc(NS(=O)(=O)c2ccc(NC(=O)CN(c3ccccc3C)S(=O)(=O)c3ccc(Cl)cc3)cc2)c1. The first-order valence-electron chi connectivity index (χ1n) is 11.8. The average Bonchev–Trinajstić information content (AvgIpc) is 2.88. The molecule has 0 unspecified atom stereocenters. The lowest BCUT2D eigenvalue weighted by Crippen LogP contribution is -2.38. The zero-order valence-electron chi connectivity index (χ0n) is 21.1. The number of hydrogen-bond donors (Lipinski definition) is 2. The van der Waals surface area contributed by atoms with E-state index in [1.807, 2.05) is 13.0 Å². The van der Waals surface area contributed by atoms with Crippen LogP contribution in [0.25, 0.3) is 0 Å². The van der Waals surface area contributed by atoms with Crippen molar-refractivity contribution < 1.29 is 21.6 Å². The standard InChI is InChI=1S/C28H26ClN3O5S2/c1-20-6-5-8-24(18-20)31-38(34,35)25-16-12-23(13-17-25)30-28(33)19-32(27-9-4-3-7-21(27)2)39(36,37)26-14-10-22(29)11-15-26/h3-18,31H,19H2,1-2H3,(H,30,33). The highest BCUT2D eigenvalue weighted by molar-refractivity contribution is 7.93. The third-order valence-corrected chi connectivity index (χ3v) is 9.21. The van der Waals surface area contributed by atoms with Crippen molar-refractivity contribution in [2.24, 2.45) is 0 Å². The highest BCUT2D eigenvalue weighted by atomic mass is 35.5. The first kappa shape index (κ1) is 28.2. The highest BCUT2D eigenvalue weighted by Crippen LogP contribution is 2.27. The summed E-state index contributed by atoms with van der Waals surface area (Å²) in [6.45, 7) is 3.10. The molecule has 0 radical (unpaired) electrons. The Morgan fingerprint density at radius 3 is 2.05 bits per heavy atom. The maximum absolute atomic E-state index is 13.5. The van der Waals surface area contributed by atoms with E-state index in [2.05, 4.69) is 10.0 Å². The second-order valence-electron chi connectivity index (χ2n) is 8.80. The van der Waals surface area contributed by atoms with E-state index in [0.717, 1.165) is 9.87 Å². The second-order valence-corrected chi connectivity index (χ2v) is 12.8. The third-order valence-electron chi connectivity index (χ3n) is 5.79. The van der Waals surface area contributed by atoms with Crippen molar-refractivity contribution in [3.63, 3.8) is 0 Å². The fourth-order valence-corrected chi connectivity index (χ4v) is 6.51. The molecule has 0 bridgehead atoms. The molecule has 2 N–H and O–H groups in total. The van der Waals surface area contributed by atoms with E-state index in [9.17, 15) is 21.6 Å². The summed E-state index contributed by atoms with van der Waals surface area (Å²) in [5.74, 6) is -0.607. The Kier molecular flexibility index (Phi) is 8.29. The van der Waals surface area contributed by atoms with Crippen LogP contribution >= 0.6 is 11.6 Å². The van der Waals surface area contributed by atoms with E-state index in [0.29, 0.717) is 27.6 Å². The van der Waals surface area contributed by atoms with E-state index in [-0.39, 0.29) is 9.79 Å². The van der Waals surface area contributed by atoms with Crippen LogP contribution in [0.15, 0.2) is 107 Å². The fourth-order valence-electron chi connectivity index (χ4n) is 3.85. The van der Waals surface area contributed by atoms with Crippen molar-refractivity contribution in [1.82, 2.24) is 0 Å². The van der Waals surface area contributed by atoms with Gasteiger partial charge in [0.1, 0.15) is 6.54 Å². The Morgan fingerprint density at radius 2 is 1.41 bits per heavy atom. The van der Waals surface area contributed by atoms with Gasteiger partial charge in [-0.05, 0) is 91.7 Å². The molecular formula is C28H26ClN3O5S2. The zero-order chi connectivity index (χ0) is 28.2. The predicted molar refractivity (Wildman–Crippen MR) is 154 cm³/mol. The summed E-state index contributed by atoms with van der Waals surface area (Å²) in [7, 11) is -7.96. The molecule has 0 aromatic heterocycles. The Balaban J connectivity index is 1.54. The Labute approximate surface area is 233 Å². The summed E-state index contributed by atoms with van der Waals surface area (Å²) in [5, 5.41) is 3.03. The smallest absolute Gasteiger partial charge is 0.264 e. The largest absolute Gasteiger partial charge is 0.325 e. The second kappa shape index (κ2) is 11.5. The first-order valence-corrected chi connectivity index (χ1v) is 15.1. The number of halogens is 1. The number of amides is 1. The molecule has 0 aliphatic carbocycles. The minimum atomic E-state index is -4.11. The van der Waals surface area contributed by atoms with Gasteiger partial charge in [0.25, 0.3) is 20.0 Å². The molecule has 0 saturated carbocycles. The van der Waals surface area contributed by atoms with Gasteiger partial charge in [0.05, 0.1) is 15.5 Å². The van der Waals surface area contributed by atoms with E-state index >= 15 is 0 Å². The van der Waals surface area contributed by atoms with Crippen LogP contribution in [-0.4, -0.2) is 29.3 Å². The maximum atomic E-state index is 13.5. The Hall–Kier alpha value is -3.86. The number of rotatable bonds is 9. The predicted octanol–water partition coefficient (Wildman–Crippen LogP) is 5.59. The lowest BCUT2D eigenvalue weighted by molar-refractivity contribution is -0.114. The van der Waals surface area contributed by atoms with Gasteiger partial charge in [-0.3, -0.25) is 13.8 Å². The van der Waals surface area contributed by atoms with Crippen LogP contribution < -0.4 is 14.3 Å². The molecule has 8 nitrogen and oxygen atoms in total. The molecule has 4 aromatic carbocycles. The monoisotopic (exact) mass is 583 g/mol. The summed E-state index contributed by atoms with van der Waals surface area (Å²) in [6, 6.07) is 25.1. The normalized spacial score (nSPS) is 11.6. The molecule has 0 atom stereocenters. The molecule has 1 amide bonds. The summed E-state index contributed by atoms with van der Waals surface area (Å²) >= 11 is 5.93. The minimum absolute atomic E-state index is 0.00820. The quantitative estimate of drug-likeness (QED) is 0.267. The number of carbonyl (C=O) groups is 1. The lowest BCUT2D eigenvalue weighted by atomic mass is 10.2. The molecule has 39 heavy (non-hydrogen) atoms. The maximum Gasteiger partial charge on any atom is 0.264 e. The lowest BCUT2D eigenvalue weighted by Gasteiger charge is -2.25. The molecule has 0 aliphatic rings. The van der Waals surface area contributed by atoms with Crippen molar-refractivity contribution in [3.05, 3.63) is 113 Å². The van der Waals surface area contributed by atoms with Gasteiger partial charge in [-0.1, -0.05) is 41.9 Å². The topological polar surface area (TPSA) is 113 Å². The molecule has 11 heteroatoms. The number of benzene rings is 4. The Bertz CT molecular complexity index is 1710. The third kappa shape index (κ3) is 6.78. The van der Waals surface area contributed by atoms with Gasteiger partial charge in [-0.15, -0.1) is 0 Å². The van der Waals surface area contributed by atoms with E-state index < -0.39 is 32.5 Å². The number of aryl methyl sites for hydroxylation is 2. The number of para-hydroxylation sites is 1. The van der Waals surface area contributed by atoms with Crippen molar-refractivity contribution in [2.45, 2.75) is 23.6 Å². The van der Waals surface area contributed by atoms with E-state index in [4.69, 9.17) is 11.6 Å². The van der Waals surface area contributed by atoms with Gasteiger partial charge >= 0.3 is 0 Å². The summed E-state index contributed by atoms with van der Waals surface area (Å²) in [5.41, 5.74) is 2.67. The van der Waals surface area contributed by atoms with Gasteiger partial charge in [-0.2, -0.15) is 0 Å². The zero-order valence-corrected chi connectivity index (χ0v) is 23.5. The van der Waals surface area contributed by atoms with Gasteiger partial charge in [0.15, 0.2) is 0 Å². The van der Waals surface area contributed by atoms with Crippen LogP contribution in [0.1, 0.15) is 11.1 Å². The van der Waals surface area contributed by atoms with Crippen LogP contribution in [-0.2, 0) is 24.8 Å². The number of carbonyl (C=O) groups excluding carboxylic acids is 1. The van der Waals surface area contributed by atoms with Crippen LogP contribution in [0.5, 0.6) is 0 Å². The fraction of sp³-hybridized carbons (Fsp3) is 0.107. The molecule has 202 valence electrons. The molecule has 4 aromatic rings. The number of sulfonamides is 2. The summed E-state index contributed by atoms with van der Waals surface area (Å²) in [6.07, 6.45) is 0. The van der Waals surface area contributed by atoms with Crippen LogP contribution in [0.3, 0.4) is 0 Å². The van der Waals surface area contributed by atoms with Crippen molar-refractivity contribution in [1.29, 1.82) is 0 Å². The first-order chi connectivity index (χ1) is 18.5. The number of anilines is 3. The molecule has 0 heterocycles. The molecule has 0 spiro atoms. The molecular weight excluding hydrogens is 558 g/mol. The summed E-state index contributed by atoms with van der Waals surface area (Å²) in [4.78, 5) is 13.0. The van der Waals surface area contributed by atoms with Crippen LogP contribution in [0.2, 0.25) is 5.02 Å². The number of nitrogens with one attached hydrogen (secondary N) is 2. The average molecular weight is 584 g/mol. The molecule has 0 fully saturated rings. The van der Waals surface area contributed by atoms with Crippen molar-refractivity contribution in [3.8, 4) is 0 Å². The Morgan fingerprint density at radius 1 is 0.769 bits per heavy atom. The molecule has 0 aliphatic heterocycles. The van der Waals surface area contributed by atoms with E-state index in [1.54, 1.807) is 49.4 Å². The van der Waals surface area contributed by atoms with Crippen LogP contribution in [0, 0.1) is 13.8 Å². The number of nitrogens with zero attached hydrogens (tertiary/aromatic N) is 1. The van der Waals surface area contributed by atoms with Gasteiger partial charge in [-0.25, -0.2) is 16.8 Å². The van der Waals surface area contributed by atoms with Crippen molar-refractivity contribution >= 4 is 54.6 Å². The summed E-state index contributed by atoms with van der Waals surface area (Å²) < 4.78 is 56.2. The van der Waals surface area contributed by atoms with E-state index in [1.165, 1.54) is 48.5 Å². The van der Waals surface area contributed by atoms with Gasteiger partial charge < -0.3 is 5.32 Å². The molecule has 0 saturated heterocycles. The van der Waals surface area contributed by atoms with Gasteiger partial charge in [0, 0.05) is 16.4 Å². The van der Waals surface area contributed by atoms with Crippen LogP contribution in [0.4, 0.5) is 17.1 Å². The minimum Gasteiger partial charge on any atom is -0.325 e. The molecule has 4 rings (SSSR count). The van der Waals surface area contributed by atoms with Crippen molar-refractivity contribution in [2.75, 3.05) is 20.9 Å². The highest BCUT2D eigenvalue weighted by Gasteiger charge is 2.28. The number of hydrogen-bond acceptors (Lipinski definition) is 5. The van der Waals surface area contributed by atoms with Gasteiger partial charge in [0.2, 0.25) is 5.91 Å².